The maximum absolute atomic E-state index is 13.4. The summed E-state index contributed by atoms with van der Waals surface area (Å²) in [6, 6.07) is -0.0551. The topological polar surface area (TPSA) is 115 Å². The monoisotopic (exact) mass is 295 g/mol. The molecular weight excluding hydrogens is 284 g/mol. The molecule has 0 spiro atoms. The summed E-state index contributed by atoms with van der Waals surface area (Å²) in [6.45, 7) is 1.32. The molecule has 0 aromatic heterocycles. The van der Waals surface area contributed by atoms with Crippen LogP contribution in [0.15, 0.2) is 17.0 Å². The number of hydrogen-bond acceptors (Lipinski definition) is 5. The van der Waals surface area contributed by atoms with Gasteiger partial charge in [-0.25, -0.2) is 17.5 Å². The Labute approximate surface area is 107 Å². The Morgan fingerprint density at radius 3 is 2.47 bits per heavy atom. The molecule has 10 heteroatoms. The van der Waals surface area contributed by atoms with Gasteiger partial charge in [-0.2, -0.15) is 4.39 Å². The molecule has 1 aromatic carbocycles. The third kappa shape index (κ3) is 3.66. The minimum absolute atomic E-state index is 0.151. The van der Waals surface area contributed by atoms with Crippen molar-refractivity contribution in [3.63, 3.8) is 0 Å². The molecule has 0 amide bonds. The van der Waals surface area contributed by atoms with Crippen molar-refractivity contribution in [1.82, 2.24) is 4.72 Å². The van der Waals surface area contributed by atoms with Gasteiger partial charge in [0.25, 0.3) is 0 Å². The van der Waals surface area contributed by atoms with E-state index in [0.29, 0.717) is 6.07 Å². The van der Waals surface area contributed by atoms with Crippen LogP contribution in [0, 0.1) is 21.7 Å². The van der Waals surface area contributed by atoms with Crippen LogP contribution in [0.25, 0.3) is 0 Å². The van der Waals surface area contributed by atoms with Gasteiger partial charge in [-0.05, 0) is 6.92 Å². The lowest BCUT2D eigenvalue weighted by atomic mass is 10.3. The molecule has 0 saturated carbocycles. The minimum Gasteiger partial charge on any atom is -0.327 e. The van der Waals surface area contributed by atoms with Crippen LogP contribution in [0.2, 0.25) is 0 Å². The van der Waals surface area contributed by atoms with Crippen LogP contribution in [0.1, 0.15) is 6.92 Å². The average Bonchev–Trinajstić information content (AvgIpc) is 2.25. The molecule has 1 aromatic rings. The zero-order valence-corrected chi connectivity index (χ0v) is 10.6. The van der Waals surface area contributed by atoms with Gasteiger partial charge in [0.05, 0.1) is 4.92 Å². The molecule has 0 heterocycles. The Kier molecular flexibility index (Phi) is 4.50. The Hall–Kier alpha value is -1.65. The summed E-state index contributed by atoms with van der Waals surface area (Å²) in [4.78, 5) is 8.35. The molecule has 0 aliphatic carbocycles. The van der Waals surface area contributed by atoms with Gasteiger partial charge in [-0.15, -0.1) is 0 Å². The molecule has 0 aliphatic heterocycles. The number of hydrogen-bond donors (Lipinski definition) is 2. The lowest BCUT2D eigenvalue weighted by molar-refractivity contribution is -0.387. The van der Waals surface area contributed by atoms with Gasteiger partial charge >= 0.3 is 5.69 Å². The van der Waals surface area contributed by atoms with Crippen molar-refractivity contribution in [3.8, 4) is 0 Å². The summed E-state index contributed by atoms with van der Waals surface area (Å²) in [7, 11) is -4.33. The third-order valence-electron chi connectivity index (χ3n) is 2.08. The van der Waals surface area contributed by atoms with Crippen molar-refractivity contribution >= 4 is 15.7 Å². The first-order chi connectivity index (χ1) is 8.65. The van der Waals surface area contributed by atoms with Crippen LogP contribution in [0.4, 0.5) is 14.5 Å². The molecule has 0 aliphatic rings. The van der Waals surface area contributed by atoms with Gasteiger partial charge in [0, 0.05) is 24.7 Å². The van der Waals surface area contributed by atoms with E-state index in [9.17, 15) is 27.3 Å². The van der Waals surface area contributed by atoms with Gasteiger partial charge in [0.2, 0.25) is 15.8 Å². The first-order valence-electron chi connectivity index (χ1n) is 5.04. The Bertz CT molecular complexity index is 604. The van der Waals surface area contributed by atoms with Crippen molar-refractivity contribution in [2.24, 2.45) is 5.73 Å². The highest BCUT2D eigenvalue weighted by molar-refractivity contribution is 7.89. The molecule has 3 N–H and O–H groups in total. The van der Waals surface area contributed by atoms with Crippen molar-refractivity contribution < 1.29 is 22.1 Å². The average molecular weight is 295 g/mol. The first kappa shape index (κ1) is 15.4. The van der Waals surface area contributed by atoms with Crippen molar-refractivity contribution in [2.45, 2.75) is 17.9 Å². The maximum atomic E-state index is 13.4. The third-order valence-corrected chi connectivity index (χ3v) is 3.52. The summed E-state index contributed by atoms with van der Waals surface area (Å²) in [6.07, 6.45) is 0. The van der Waals surface area contributed by atoms with E-state index in [1.165, 1.54) is 6.92 Å². The largest absolute Gasteiger partial charge is 0.327 e. The fraction of sp³-hybridized carbons (Fsp3) is 0.333. The maximum Gasteiger partial charge on any atom is 0.306 e. The SMILES string of the molecule is CC(N)CNS(=O)(=O)c1cc([N+](=O)[O-])c(F)cc1F. The van der Waals surface area contributed by atoms with Crippen LogP contribution in [0.5, 0.6) is 0 Å². The van der Waals surface area contributed by atoms with E-state index >= 15 is 0 Å². The molecule has 1 atom stereocenters. The number of nitrogens with one attached hydrogen (secondary N) is 1. The van der Waals surface area contributed by atoms with Gasteiger partial charge in [-0.3, -0.25) is 10.1 Å². The Balaban J connectivity index is 3.27. The van der Waals surface area contributed by atoms with E-state index in [4.69, 9.17) is 5.73 Å². The smallest absolute Gasteiger partial charge is 0.306 e. The summed E-state index contributed by atoms with van der Waals surface area (Å²) >= 11 is 0. The van der Waals surface area contributed by atoms with E-state index < -0.39 is 43.2 Å². The van der Waals surface area contributed by atoms with E-state index in [1.807, 2.05) is 4.72 Å². The number of rotatable bonds is 5. The van der Waals surface area contributed by atoms with Crippen molar-refractivity contribution in [1.29, 1.82) is 0 Å². The number of nitro groups is 1. The van der Waals surface area contributed by atoms with Gasteiger partial charge in [0.15, 0.2) is 0 Å². The predicted octanol–water partition coefficient (Wildman–Crippen LogP) is 0.499. The number of halogens is 2. The Morgan fingerprint density at radius 2 is 2.00 bits per heavy atom. The van der Waals surface area contributed by atoms with Gasteiger partial charge in [0.1, 0.15) is 10.7 Å². The van der Waals surface area contributed by atoms with Crippen LogP contribution < -0.4 is 10.5 Å². The van der Waals surface area contributed by atoms with Crippen LogP contribution in [-0.2, 0) is 10.0 Å². The second-order valence-corrected chi connectivity index (χ2v) is 5.56. The number of nitrogens with two attached hydrogens (primary N) is 1. The highest BCUT2D eigenvalue weighted by atomic mass is 32.2. The lowest BCUT2D eigenvalue weighted by Crippen LogP contribution is -2.35. The molecule has 0 saturated heterocycles. The molecule has 0 bridgehead atoms. The molecule has 0 radical (unpaired) electrons. The van der Waals surface area contributed by atoms with Crippen molar-refractivity contribution in [3.05, 3.63) is 33.9 Å². The lowest BCUT2D eigenvalue weighted by Gasteiger charge is -2.09. The molecule has 1 unspecified atom stereocenters. The molecule has 7 nitrogen and oxygen atoms in total. The fourth-order valence-electron chi connectivity index (χ4n) is 1.18. The minimum atomic E-state index is -4.33. The highest BCUT2D eigenvalue weighted by Gasteiger charge is 2.26. The zero-order valence-electron chi connectivity index (χ0n) is 9.76. The van der Waals surface area contributed by atoms with E-state index in [-0.39, 0.29) is 12.6 Å². The second kappa shape index (κ2) is 5.55. The zero-order chi connectivity index (χ0) is 14.8. The van der Waals surface area contributed by atoms with E-state index in [1.54, 1.807) is 0 Å². The predicted molar refractivity (Wildman–Crippen MR) is 61.9 cm³/mol. The van der Waals surface area contributed by atoms with Crippen molar-refractivity contribution in [2.75, 3.05) is 6.54 Å². The molecule has 106 valence electrons. The van der Waals surface area contributed by atoms with Crippen LogP contribution >= 0.6 is 0 Å². The number of nitro benzene ring substituents is 1. The molecule has 0 fully saturated rings. The second-order valence-electron chi connectivity index (χ2n) is 3.82. The summed E-state index contributed by atoms with van der Waals surface area (Å²) in [5.74, 6) is -2.87. The normalized spacial score (nSPS) is 13.3. The number of nitrogens with zero attached hydrogens (tertiary/aromatic N) is 1. The van der Waals surface area contributed by atoms with Gasteiger partial charge in [-0.1, -0.05) is 0 Å². The fourth-order valence-corrected chi connectivity index (χ4v) is 2.40. The standard InChI is InChI=1S/C9H11F2N3O4S/c1-5(12)4-13-19(17,18)9-3-8(14(15)16)6(10)2-7(9)11/h2-3,5,13H,4,12H2,1H3. The van der Waals surface area contributed by atoms with Crippen LogP contribution in [0.3, 0.4) is 0 Å². The van der Waals surface area contributed by atoms with E-state index in [0.717, 1.165) is 0 Å². The summed E-state index contributed by atoms with van der Waals surface area (Å²) in [5.41, 5.74) is 4.21. The number of benzene rings is 1. The first-order valence-corrected chi connectivity index (χ1v) is 6.52. The Morgan fingerprint density at radius 1 is 1.42 bits per heavy atom. The number of sulfonamides is 1. The summed E-state index contributed by atoms with van der Waals surface area (Å²) in [5, 5.41) is 10.5. The molecule has 1 rings (SSSR count). The van der Waals surface area contributed by atoms with E-state index in [2.05, 4.69) is 0 Å². The molecule has 19 heavy (non-hydrogen) atoms. The highest BCUT2D eigenvalue weighted by Crippen LogP contribution is 2.24. The molecular formula is C9H11F2N3O4S. The quantitative estimate of drug-likeness (QED) is 0.606. The van der Waals surface area contributed by atoms with Gasteiger partial charge < -0.3 is 5.73 Å². The summed E-state index contributed by atoms with van der Waals surface area (Å²) < 4.78 is 51.8. The van der Waals surface area contributed by atoms with Crippen LogP contribution in [-0.4, -0.2) is 25.9 Å².